The number of hydrogen-bond acceptors (Lipinski definition) is 2. The Labute approximate surface area is 53.6 Å². The fourth-order valence-electron chi connectivity index (χ4n) is 0.606. The van der Waals surface area contributed by atoms with Crippen LogP contribution in [0.5, 0.6) is 0 Å². The molecule has 0 N–H and O–H groups in total. The van der Waals surface area contributed by atoms with Gasteiger partial charge in [-0.25, -0.2) is 4.98 Å². The van der Waals surface area contributed by atoms with Gasteiger partial charge in [0, 0.05) is 7.05 Å². The zero-order chi connectivity index (χ0) is 6.85. The lowest BCUT2D eigenvalue weighted by atomic mass is 10.5. The Balaban J connectivity index is 3.24. The molecule has 1 rings (SSSR count). The number of nitriles is 1. The van der Waals surface area contributed by atoms with E-state index in [2.05, 4.69) is 4.98 Å². The van der Waals surface area contributed by atoms with E-state index >= 15 is 0 Å². The first-order valence-electron chi connectivity index (χ1n) is 2.64. The fraction of sp³-hybridized carbons (Fsp3) is 0.333. The Morgan fingerprint density at radius 1 is 1.78 bits per heavy atom. The van der Waals surface area contributed by atoms with E-state index in [4.69, 9.17) is 5.26 Å². The van der Waals surface area contributed by atoms with Crippen LogP contribution in [-0.4, -0.2) is 9.55 Å². The molecule has 0 fully saturated rings. The molecule has 0 spiro atoms. The molecule has 3 nitrogen and oxygen atoms in total. The van der Waals surface area contributed by atoms with Crippen LogP contribution in [0, 0.1) is 18.3 Å². The average Bonchev–Trinajstić information content (AvgIpc) is 2.15. The van der Waals surface area contributed by atoms with Crippen LogP contribution in [0.15, 0.2) is 6.20 Å². The zero-order valence-electron chi connectivity index (χ0n) is 5.42. The Morgan fingerprint density at radius 2 is 2.44 bits per heavy atom. The van der Waals surface area contributed by atoms with E-state index in [-0.39, 0.29) is 0 Å². The summed E-state index contributed by atoms with van der Waals surface area (Å²) in [7, 11) is 1.82. The molecule has 46 valence electrons. The van der Waals surface area contributed by atoms with Crippen LogP contribution in [0.2, 0.25) is 0 Å². The Kier molecular flexibility index (Phi) is 1.23. The lowest BCUT2D eigenvalue weighted by Gasteiger charge is -1.91. The number of hydrogen-bond donors (Lipinski definition) is 0. The Morgan fingerprint density at radius 3 is 2.67 bits per heavy atom. The van der Waals surface area contributed by atoms with Crippen LogP contribution < -0.4 is 0 Å². The summed E-state index contributed by atoms with van der Waals surface area (Å²) in [6.45, 7) is 1.86. The third kappa shape index (κ3) is 0.789. The second-order valence-electron chi connectivity index (χ2n) is 1.86. The van der Waals surface area contributed by atoms with Crippen LogP contribution in [0.4, 0.5) is 0 Å². The third-order valence-corrected chi connectivity index (χ3v) is 1.33. The van der Waals surface area contributed by atoms with Gasteiger partial charge >= 0.3 is 0 Å². The maximum atomic E-state index is 8.42. The summed E-state index contributed by atoms with van der Waals surface area (Å²) in [5.41, 5.74) is 0.604. The molecule has 3 heteroatoms. The van der Waals surface area contributed by atoms with Crippen molar-refractivity contribution in [2.24, 2.45) is 7.05 Å². The van der Waals surface area contributed by atoms with Gasteiger partial charge in [-0.15, -0.1) is 0 Å². The van der Waals surface area contributed by atoms with Crippen molar-refractivity contribution in [3.05, 3.63) is 17.7 Å². The van der Waals surface area contributed by atoms with Crippen molar-refractivity contribution in [1.82, 2.24) is 9.55 Å². The molecular weight excluding hydrogens is 114 g/mol. The Bertz CT molecular complexity index is 254. The van der Waals surface area contributed by atoms with Gasteiger partial charge in [0.2, 0.25) is 0 Å². The maximum absolute atomic E-state index is 8.42. The van der Waals surface area contributed by atoms with E-state index in [1.807, 2.05) is 20.0 Å². The second-order valence-corrected chi connectivity index (χ2v) is 1.86. The van der Waals surface area contributed by atoms with E-state index in [0.29, 0.717) is 5.69 Å². The molecule has 1 heterocycles. The molecule has 0 aromatic carbocycles. The molecule has 9 heavy (non-hydrogen) atoms. The van der Waals surface area contributed by atoms with Crippen LogP contribution in [0.25, 0.3) is 0 Å². The van der Waals surface area contributed by atoms with E-state index in [0.717, 1.165) is 5.82 Å². The highest BCUT2D eigenvalue weighted by Gasteiger charge is 1.97. The summed E-state index contributed by atoms with van der Waals surface area (Å²) < 4.78 is 1.75. The molecule has 0 aliphatic rings. The van der Waals surface area contributed by atoms with E-state index in [9.17, 15) is 0 Å². The fourth-order valence-corrected chi connectivity index (χ4v) is 0.606. The number of nitrogens with zero attached hydrogens (tertiary/aromatic N) is 3. The van der Waals surface area contributed by atoms with Gasteiger partial charge in [0.1, 0.15) is 17.6 Å². The maximum Gasteiger partial charge on any atom is 0.139 e. The molecular formula is C6H7N3. The first kappa shape index (κ1) is 5.83. The number of aromatic nitrogens is 2. The minimum absolute atomic E-state index is 0.604. The summed E-state index contributed by atoms with van der Waals surface area (Å²) >= 11 is 0. The smallest absolute Gasteiger partial charge is 0.139 e. The average molecular weight is 121 g/mol. The van der Waals surface area contributed by atoms with Crippen molar-refractivity contribution < 1.29 is 0 Å². The number of rotatable bonds is 0. The lowest BCUT2D eigenvalue weighted by Crippen LogP contribution is -1.93. The van der Waals surface area contributed by atoms with E-state index < -0.39 is 0 Å². The highest BCUT2D eigenvalue weighted by Crippen LogP contribution is 1.97. The summed E-state index contributed by atoms with van der Waals surface area (Å²) in [4.78, 5) is 3.93. The molecule has 0 aliphatic carbocycles. The van der Waals surface area contributed by atoms with Gasteiger partial charge in [-0.3, -0.25) is 0 Å². The first-order chi connectivity index (χ1) is 4.25. The minimum Gasteiger partial charge on any atom is -0.323 e. The van der Waals surface area contributed by atoms with Gasteiger partial charge in [-0.2, -0.15) is 5.26 Å². The van der Waals surface area contributed by atoms with E-state index in [1.165, 1.54) is 0 Å². The van der Waals surface area contributed by atoms with Gasteiger partial charge in [-0.1, -0.05) is 0 Å². The molecule has 1 aromatic heterocycles. The van der Waals surface area contributed by atoms with Crippen LogP contribution in [0.1, 0.15) is 11.5 Å². The van der Waals surface area contributed by atoms with Gasteiger partial charge < -0.3 is 4.57 Å². The summed E-state index contributed by atoms with van der Waals surface area (Å²) in [6, 6.07) is 2.02. The molecule has 0 amide bonds. The number of imidazole rings is 1. The minimum atomic E-state index is 0.604. The first-order valence-corrected chi connectivity index (χ1v) is 2.64. The predicted octanol–water partition coefficient (Wildman–Crippen LogP) is 0.600. The van der Waals surface area contributed by atoms with Gasteiger partial charge in [-0.05, 0) is 6.92 Å². The molecule has 1 aromatic rings. The monoisotopic (exact) mass is 121 g/mol. The van der Waals surface area contributed by atoms with Gasteiger partial charge in [0.15, 0.2) is 0 Å². The molecule has 0 bridgehead atoms. The van der Waals surface area contributed by atoms with E-state index in [1.54, 1.807) is 10.8 Å². The van der Waals surface area contributed by atoms with Crippen LogP contribution in [0.3, 0.4) is 0 Å². The van der Waals surface area contributed by atoms with Crippen molar-refractivity contribution in [3.63, 3.8) is 0 Å². The van der Waals surface area contributed by atoms with Crippen molar-refractivity contribution in [1.29, 1.82) is 5.26 Å². The highest BCUT2D eigenvalue weighted by molar-refractivity contribution is 5.19. The standard InChI is InChI=1S/C6H7N3/c1-5-8-4-6(3-7)9(5)2/h4H,1-2H3. The Hall–Kier alpha value is -1.30. The van der Waals surface area contributed by atoms with Crippen molar-refractivity contribution in [2.75, 3.05) is 0 Å². The largest absolute Gasteiger partial charge is 0.323 e. The zero-order valence-corrected chi connectivity index (χ0v) is 5.42. The van der Waals surface area contributed by atoms with Gasteiger partial charge in [0.25, 0.3) is 0 Å². The van der Waals surface area contributed by atoms with Gasteiger partial charge in [0.05, 0.1) is 6.20 Å². The highest BCUT2D eigenvalue weighted by atomic mass is 15.0. The summed E-state index contributed by atoms with van der Waals surface area (Å²) in [5, 5.41) is 8.42. The number of aryl methyl sites for hydroxylation is 1. The molecule has 0 saturated carbocycles. The van der Waals surface area contributed by atoms with Crippen molar-refractivity contribution >= 4 is 0 Å². The molecule has 0 atom stereocenters. The molecule has 0 saturated heterocycles. The second kappa shape index (κ2) is 1.90. The lowest BCUT2D eigenvalue weighted by molar-refractivity contribution is 0.845. The third-order valence-electron chi connectivity index (χ3n) is 1.33. The van der Waals surface area contributed by atoms with Crippen LogP contribution >= 0.6 is 0 Å². The summed E-state index contributed by atoms with van der Waals surface area (Å²) in [5.74, 6) is 0.867. The topological polar surface area (TPSA) is 41.6 Å². The molecule has 0 radical (unpaired) electrons. The van der Waals surface area contributed by atoms with Crippen LogP contribution in [-0.2, 0) is 7.05 Å². The quantitative estimate of drug-likeness (QED) is 0.504. The molecule has 0 unspecified atom stereocenters. The normalized spacial score (nSPS) is 9.00. The van der Waals surface area contributed by atoms with Crippen molar-refractivity contribution in [3.8, 4) is 6.07 Å². The SMILES string of the molecule is Cc1ncc(C#N)n1C. The predicted molar refractivity (Wildman–Crippen MR) is 32.7 cm³/mol. The van der Waals surface area contributed by atoms with Crippen molar-refractivity contribution in [2.45, 2.75) is 6.92 Å². The summed E-state index contributed by atoms with van der Waals surface area (Å²) in [6.07, 6.45) is 1.56. The molecule has 0 aliphatic heterocycles.